The molecule has 0 bridgehead atoms. The predicted molar refractivity (Wildman–Crippen MR) is 89.4 cm³/mol. The first kappa shape index (κ1) is 18.1. The van der Waals surface area contributed by atoms with E-state index in [1.807, 2.05) is 10.9 Å². The Balaban J connectivity index is 2.87. The summed E-state index contributed by atoms with van der Waals surface area (Å²) in [5.41, 5.74) is 7.31. The first-order valence-corrected chi connectivity index (χ1v) is 7.98. The van der Waals surface area contributed by atoms with Gasteiger partial charge in [-0.05, 0) is 33.9 Å². The van der Waals surface area contributed by atoms with Gasteiger partial charge < -0.3 is 10.6 Å². The summed E-state index contributed by atoms with van der Waals surface area (Å²) >= 11 is 0. The second-order valence-electron chi connectivity index (χ2n) is 6.79. The fraction of sp³-hybridized carbons (Fsp3) is 0.812. The van der Waals surface area contributed by atoms with Crippen LogP contribution in [0.2, 0.25) is 0 Å². The Kier molecular flexibility index (Phi) is 7.35. The highest BCUT2D eigenvalue weighted by Crippen LogP contribution is 2.21. The van der Waals surface area contributed by atoms with Crippen LogP contribution in [0.4, 0.5) is 0 Å². The lowest BCUT2D eigenvalue weighted by molar-refractivity contribution is 0.163. The van der Waals surface area contributed by atoms with Gasteiger partial charge in [0.1, 0.15) is 0 Å². The second kappa shape index (κ2) is 8.51. The van der Waals surface area contributed by atoms with E-state index in [0.29, 0.717) is 18.5 Å². The highest BCUT2D eigenvalue weighted by molar-refractivity contribution is 5.12. The molecule has 5 heteroatoms. The van der Waals surface area contributed by atoms with Crippen LogP contribution < -0.4 is 5.73 Å². The fourth-order valence-corrected chi connectivity index (χ4v) is 2.48. The van der Waals surface area contributed by atoms with E-state index < -0.39 is 0 Å². The van der Waals surface area contributed by atoms with Crippen molar-refractivity contribution < 1.29 is 0 Å². The smallest absolute Gasteiger partial charge is 0.0538 e. The lowest BCUT2D eigenvalue weighted by atomic mass is 10.1. The van der Waals surface area contributed by atoms with Gasteiger partial charge >= 0.3 is 0 Å². The van der Waals surface area contributed by atoms with Gasteiger partial charge in [-0.1, -0.05) is 13.8 Å². The number of nitrogens with zero attached hydrogens (tertiary/aromatic N) is 4. The van der Waals surface area contributed by atoms with Crippen LogP contribution in [-0.2, 0) is 0 Å². The molecule has 1 aromatic heterocycles. The maximum atomic E-state index is 6.08. The maximum Gasteiger partial charge on any atom is 0.0538 e. The molecule has 0 spiro atoms. The van der Waals surface area contributed by atoms with Gasteiger partial charge in [-0.15, -0.1) is 0 Å². The van der Waals surface area contributed by atoms with Crippen LogP contribution >= 0.6 is 0 Å². The quantitative estimate of drug-likeness (QED) is 0.757. The lowest BCUT2D eigenvalue weighted by Gasteiger charge is -2.32. The van der Waals surface area contributed by atoms with Crippen molar-refractivity contribution in [3.05, 3.63) is 18.0 Å². The summed E-state index contributed by atoms with van der Waals surface area (Å²) < 4.78 is 2.01. The molecule has 0 radical (unpaired) electrons. The first-order chi connectivity index (χ1) is 9.85. The van der Waals surface area contributed by atoms with Gasteiger partial charge in [-0.25, -0.2) is 0 Å². The van der Waals surface area contributed by atoms with Crippen LogP contribution in [0.5, 0.6) is 0 Å². The largest absolute Gasteiger partial charge is 0.329 e. The number of aromatic nitrogens is 2. The van der Waals surface area contributed by atoms with Gasteiger partial charge in [0.25, 0.3) is 0 Å². The molecule has 0 aliphatic rings. The number of hydrogen-bond donors (Lipinski definition) is 1. The number of hydrogen-bond acceptors (Lipinski definition) is 4. The van der Waals surface area contributed by atoms with Crippen molar-refractivity contribution in [1.82, 2.24) is 19.6 Å². The van der Waals surface area contributed by atoms with E-state index in [0.717, 1.165) is 19.6 Å². The van der Waals surface area contributed by atoms with E-state index in [2.05, 4.69) is 62.9 Å². The van der Waals surface area contributed by atoms with Crippen molar-refractivity contribution in [2.24, 2.45) is 11.7 Å². The molecule has 0 fully saturated rings. The summed E-state index contributed by atoms with van der Waals surface area (Å²) in [7, 11) is 4.23. The third-order valence-electron chi connectivity index (χ3n) is 3.63. The van der Waals surface area contributed by atoms with Crippen molar-refractivity contribution in [2.75, 3.05) is 40.3 Å². The van der Waals surface area contributed by atoms with Gasteiger partial charge in [0.15, 0.2) is 0 Å². The second-order valence-corrected chi connectivity index (χ2v) is 6.79. The van der Waals surface area contributed by atoms with Crippen LogP contribution in [0, 0.1) is 5.92 Å². The highest BCUT2D eigenvalue weighted by atomic mass is 15.3. The third kappa shape index (κ3) is 5.77. The molecule has 1 unspecified atom stereocenters. The molecule has 2 N–H and O–H groups in total. The van der Waals surface area contributed by atoms with Gasteiger partial charge in [-0.2, -0.15) is 5.10 Å². The minimum atomic E-state index is 0.250. The summed E-state index contributed by atoms with van der Waals surface area (Å²) in [4.78, 5) is 4.71. The van der Waals surface area contributed by atoms with Crippen molar-refractivity contribution in [3.63, 3.8) is 0 Å². The Morgan fingerprint density at radius 2 is 1.86 bits per heavy atom. The summed E-state index contributed by atoms with van der Waals surface area (Å²) in [6.07, 6.45) is 4.12. The minimum absolute atomic E-state index is 0.250. The van der Waals surface area contributed by atoms with E-state index in [1.165, 1.54) is 5.56 Å². The van der Waals surface area contributed by atoms with Gasteiger partial charge in [0.05, 0.1) is 12.2 Å². The maximum absolute atomic E-state index is 6.08. The summed E-state index contributed by atoms with van der Waals surface area (Å²) in [6, 6.07) is 0.636. The number of nitrogens with two attached hydrogens (primary N) is 1. The molecule has 0 saturated heterocycles. The molecule has 1 atom stereocenters. The van der Waals surface area contributed by atoms with Crippen molar-refractivity contribution in [3.8, 4) is 0 Å². The Labute approximate surface area is 130 Å². The molecular formula is C16H33N5. The predicted octanol–water partition coefficient (Wildman–Crippen LogP) is 1.98. The summed E-state index contributed by atoms with van der Waals surface area (Å²) in [5, 5.41) is 4.47. The normalized spacial score (nSPS) is 13.9. The molecule has 5 nitrogen and oxygen atoms in total. The SMILES string of the molecule is CC(C)CN(CCN(C)C)C(CN)c1cnn(C(C)C)c1. The molecule has 1 heterocycles. The van der Waals surface area contributed by atoms with E-state index in [-0.39, 0.29) is 6.04 Å². The molecule has 122 valence electrons. The first-order valence-electron chi connectivity index (χ1n) is 7.98. The van der Waals surface area contributed by atoms with E-state index in [9.17, 15) is 0 Å². The van der Waals surface area contributed by atoms with Gasteiger partial charge in [-0.3, -0.25) is 9.58 Å². The Hall–Kier alpha value is -0.910. The molecule has 0 aliphatic carbocycles. The van der Waals surface area contributed by atoms with Crippen LogP contribution in [0.1, 0.15) is 45.3 Å². The summed E-state index contributed by atoms with van der Waals surface area (Å²) in [6.45, 7) is 12.6. The molecule has 1 rings (SSSR count). The zero-order chi connectivity index (χ0) is 16.0. The molecular weight excluding hydrogens is 262 g/mol. The third-order valence-corrected chi connectivity index (χ3v) is 3.63. The molecule has 0 amide bonds. The standard InChI is InChI=1S/C16H33N5/c1-13(2)11-20(8-7-19(5)6)16(9-17)15-10-18-21(12-15)14(3)4/h10,12-14,16H,7-9,11,17H2,1-6H3. The van der Waals surface area contributed by atoms with Gasteiger partial charge in [0.2, 0.25) is 0 Å². The van der Waals surface area contributed by atoms with Crippen molar-refractivity contribution in [2.45, 2.75) is 39.8 Å². The van der Waals surface area contributed by atoms with Gasteiger partial charge in [0, 0.05) is 44.0 Å². The zero-order valence-corrected chi connectivity index (χ0v) is 14.6. The topological polar surface area (TPSA) is 50.3 Å². The van der Waals surface area contributed by atoms with Crippen molar-refractivity contribution >= 4 is 0 Å². The number of likely N-dealkylation sites (N-methyl/N-ethyl adjacent to an activating group) is 1. The van der Waals surface area contributed by atoms with Crippen LogP contribution in [0.3, 0.4) is 0 Å². The van der Waals surface area contributed by atoms with Crippen molar-refractivity contribution in [1.29, 1.82) is 0 Å². The minimum Gasteiger partial charge on any atom is -0.329 e. The molecule has 0 aromatic carbocycles. The lowest BCUT2D eigenvalue weighted by Crippen LogP contribution is -2.40. The van der Waals surface area contributed by atoms with Crippen LogP contribution in [-0.4, -0.2) is 59.9 Å². The monoisotopic (exact) mass is 295 g/mol. The molecule has 1 aromatic rings. The highest BCUT2D eigenvalue weighted by Gasteiger charge is 2.21. The average Bonchev–Trinajstić information content (AvgIpc) is 2.85. The van der Waals surface area contributed by atoms with Crippen LogP contribution in [0.25, 0.3) is 0 Å². The zero-order valence-electron chi connectivity index (χ0n) is 14.6. The van der Waals surface area contributed by atoms with Crippen LogP contribution in [0.15, 0.2) is 12.4 Å². The molecule has 21 heavy (non-hydrogen) atoms. The molecule has 0 aliphatic heterocycles. The Bertz CT molecular complexity index is 397. The average molecular weight is 295 g/mol. The molecule has 0 saturated carbocycles. The summed E-state index contributed by atoms with van der Waals surface area (Å²) in [5.74, 6) is 0.626. The van der Waals surface area contributed by atoms with E-state index in [4.69, 9.17) is 5.73 Å². The Morgan fingerprint density at radius 1 is 1.19 bits per heavy atom. The van der Waals surface area contributed by atoms with E-state index >= 15 is 0 Å². The van der Waals surface area contributed by atoms with E-state index in [1.54, 1.807) is 0 Å². The Morgan fingerprint density at radius 3 is 2.29 bits per heavy atom. The number of rotatable bonds is 9. The fourth-order valence-electron chi connectivity index (χ4n) is 2.48.